The number of hydroxylamine groups is 2. The molecule has 5 N–H and O–H groups in total. The zero-order chi connectivity index (χ0) is 38.6. The molecule has 280 valence electrons. The molecule has 15 heteroatoms. The summed E-state index contributed by atoms with van der Waals surface area (Å²) in [5.74, 6) is -3.09. The number of methoxy groups -OCH3 is 2. The summed E-state index contributed by atoms with van der Waals surface area (Å²) >= 11 is 0. The maximum absolute atomic E-state index is 13.0. The highest BCUT2D eigenvalue weighted by atomic mass is 16.6. The van der Waals surface area contributed by atoms with E-state index in [4.69, 9.17) is 9.15 Å². The molecule has 0 spiro atoms. The number of hydrogen-bond acceptors (Lipinski definition) is 12. The van der Waals surface area contributed by atoms with Crippen LogP contribution in [0, 0.1) is 5.41 Å². The number of carbonyl (C=O) groups excluding carboxylic acids is 4. The summed E-state index contributed by atoms with van der Waals surface area (Å²) in [4.78, 5) is 55.0. The zero-order valence-corrected chi connectivity index (χ0v) is 30.0. The second kappa shape index (κ2) is 22.0. The van der Waals surface area contributed by atoms with Crippen LogP contribution in [0.2, 0.25) is 0 Å². The van der Waals surface area contributed by atoms with E-state index in [0.29, 0.717) is 16.9 Å². The predicted molar refractivity (Wildman–Crippen MR) is 187 cm³/mol. The van der Waals surface area contributed by atoms with Crippen LogP contribution in [0.1, 0.15) is 33.5 Å². The highest BCUT2D eigenvalue weighted by Crippen LogP contribution is 2.26. The molecular formula is C36H50N4O11. The lowest BCUT2D eigenvalue weighted by Gasteiger charge is -2.37. The molecule has 0 aliphatic carbocycles. The van der Waals surface area contributed by atoms with Gasteiger partial charge in [0.25, 0.3) is 17.5 Å². The van der Waals surface area contributed by atoms with E-state index >= 15 is 0 Å². The van der Waals surface area contributed by atoms with Crippen molar-refractivity contribution in [1.29, 1.82) is 0 Å². The SMILES string of the molecule is COC(=O)C(C(C)OC)N(C)C(=O)C(O)(CO)N(O)C(=O)/C=C/C=C/C=C/C=C\CNC(=O)C(C)(C)C(O)\C(C)=C/C=C\C=C\Cc1cnco1. The number of esters is 1. The molecule has 15 nitrogen and oxygen atoms in total. The topological polar surface area (TPSA) is 212 Å². The largest absolute Gasteiger partial charge is 0.467 e. The van der Waals surface area contributed by atoms with Gasteiger partial charge in [-0.15, -0.1) is 0 Å². The van der Waals surface area contributed by atoms with Gasteiger partial charge in [0.15, 0.2) is 12.4 Å². The Morgan fingerprint density at radius 1 is 1.02 bits per heavy atom. The van der Waals surface area contributed by atoms with Gasteiger partial charge in [-0.3, -0.25) is 19.6 Å². The second-order valence-corrected chi connectivity index (χ2v) is 11.7. The van der Waals surface area contributed by atoms with Gasteiger partial charge in [-0.1, -0.05) is 72.9 Å². The van der Waals surface area contributed by atoms with Crippen LogP contribution in [0.5, 0.6) is 0 Å². The predicted octanol–water partition coefficient (Wildman–Crippen LogP) is 1.94. The molecular weight excluding hydrogens is 664 g/mol. The third-order valence-corrected chi connectivity index (χ3v) is 7.65. The average Bonchev–Trinajstić information content (AvgIpc) is 3.65. The lowest BCUT2D eigenvalue weighted by Crippen LogP contribution is -2.65. The summed E-state index contributed by atoms with van der Waals surface area (Å²) in [6.45, 7) is 5.33. The Labute approximate surface area is 298 Å². The smallest absolute Gasteiger partial charge is 0.331 e. The van der Waals surface area contributed by atoms with Crippen LogP contribution in [0.15, 0.2) is 102 Å². The van der Waals surface area contributed by atoms with Gasteiger partial charge in [-0.25, -0.2) is 9.78 Å². The van der Waals surface area contributed by atoms with Gasteiger partial charge in [-0.05, 0) is 33.3 Å². The number of aliphatic hydroxyl groups excluding tert-OH is 2. The molecule has 1 aromatic rings. The summed E-state index contributed by atoms with van der Waals surface area (Å²) < 4.78 is 14.9. The Morgan fingerprint density at radius 3 is 2.22 bits per heavy atom. The van der Waals surface area contributed by atoms with E-state index in [2.05, 4.69) is 15.0 Å². The summed E-state index contributed by atoms with van der Waals surface area (Å²) in [7, 11) is 3.48. The average molecular weight is 715 g/mol. The third kappa shape index (κ3) is 13.4. The summed E-state index contributed by atoms with van der Waals surface area (Å²) in [5, 5.41) is 43.9. The van der Waals surface area contributed by atoms with Crippen LogP contribution >= 0.6 is 0 Å². The molecule has 0 saturated carbocycles. The minimum absolute atomic E-state index is 0.203. The lowest BCUT2D eigenvalue weighted by molar-refractivity contribution is -0.257. The van der Waals surface area contributed by atoms with E-state index < -0.39 is 53.8 Å². The molecule has 4 atom stereocenters. The number of rotatable bonds is 20. The number of aromatic nitrogens is 1. The van der Waals surface area contributed by atoms with E-state index in [1.807, 2.05) is 18.2 Å². The van der Waals surface area contributed by atoms with Gasteiger partial charge >= 0.3 is 5.97 Å². The molecule has 0 aliphatic heterocycles. The molecule has 0 aromatic carbocycles. The van der Waals surface area contributed by atoms with E-state index in [-0.39, 0.29) is 17.5 Å². The highest BCUT2D eigenvalue weighted by Gasteiger charge is 2.49. The van der Waals surface area contributed by atoms with Crippen molar-refractivity contribution in [2.24, 2.45) is 5.41 Å². The van der Waals surface area contributed by atoms with Gasteiger partial charge in [0.1, 0.15) is 12.4 Å². The number of likely N-dealkylation sites (N-methyl/N-ethyl adjacent to an activating group) is 1. The van der Waals surface area contributed by atoms with Gasteiger partial charge in [-0.2, -0.15) is 5.06 Å². The number of oxazole rings is 1. The van der Waals surface area contributed by atoms with E-state index in [9.17, 15) is 39.7 Å². The van der Waals surface area contributed by atoms with E-state index in [1.54, 1.807) is 63.4 Å². The molecule has 1 aromatic heterocycles. The number of carbonyl (C=O) groups is 4. The molecule has 0 bridgehead atoms. The Morgan fingerprint density at radius 2 is 1.63 bits per heavy atom. The minimum Gasteiger partial charge on any atom is -0.467 e. The fourth-order valence-electron chi connectivity index (χ4n) is 4.38. The Balaban J connectivity index is 2.64. The highest BCUT2D eigenvalue weighted by molar-refractivity contribution is 5.95. The fraction of sp³-hybridized carbons (Fsp3) is 0.417. The molecule has 0 saturated heterocycles. The fourth-order valence-corrected chi connectivity index (χ4v) is 4.38. The van der Waals surface area contributed by atoms with Crippen LogP contribution < -0.4 is 5.32 Å². The first-order chi connectivity index (χ1) is 24.1. The van der Waals surface area contributed by atoms with Crippen LogP contribution in [0.25, 0.3) is 0 Å². The van der Waals surface area contributed by atoms with Crippen molar-refractivity contribution in [3.8, 4) is 0 Å². The van der Waals surface area contributed by atoms with Crippen molar-refractivity contribution in [3.05, 3.63) is 103 Å². The van der Waals surface area contributed by atoms with Crippen LogP contribution in [0.3, 0.4) is 0 Å². The molecule has 0 radical (unpaired) electrons. The number of aliphatic hydroxyl groups is 3. The number of amides is 3. The van der Waals surface area contributed by atoms with Crippen molar-refractivity contribution in [3.63, 3.8) is 0 Å². The molecule has 1 heterocycles. The van der Waals surface area contributed by atoms with E-state index in [0.717, 1.165) is 26.0 Å². The van der Waals surface area contributed by atoms with Crippen LogP contribution in [-0.2, 0) is 35.1 Å². The normalized spacial score (nSPS) is 15.9. The Bertz CT molecular complexity index is 1490. The van der Waals surface area contributed by atoms with Crippen molar-refractivity contribution in [2.45, 2.75) is 58.1 Å². The summed E-state index contributed by atoms with van der Waals surface area (Å²) in [6.07, 6.45) is 22.4. The molecule has 51 heavy (non-hydrogen) atoms. The Hall–Kier alpha value is -4.93. The van der Waals surface area contributed by atoms with Gasteiger partial charge < -0.3 is 39.4 Å². The van der Waals surface area contributed by atoms with Gasteiger partial charge in [0.2, 0.25) is 5.91 Å². The number of nitrogens with zero attached hydrogens (tertiary/aromatic N) is 3. The zero-order valence-electron chi connectivity index (χ0n) is 30.0. The van der Waals surface area contributed by atoms with E-state index in [1.165, 1.54) is 38.7 Å². The quantitative estimate of drug-likeness (QED) is 0.0328. The van der Waals surface area contributed by atoms with Crippen LogP contribution in [-0.4, -0.2) is 118 Å². The van der Waals surface area contributed by atoms with Crippen LogP contribution in [0.4, 0.5) is 0 Å². The number of ether oxygens (including phenoxy) is 2. The molecule has 0 aliphatic rings. The van der Waals surface area contributed by atoms with Gasteiger partial charge in [0.05, 0.1) is 30.9 Å². The second-order valence-electron chi connectivity index (χ2n) is 11.7. The van der Waals surface area contributed by atoms with Crippen molar-refractivity contribution >= 4 is 23.7 Å². The molecule has 4 unspecified atom stereocenters. The van der Waals surface area contributed by atoms with Crippen molar-refractivity contribution in [1.82, 2.24) is 20.3 Å². The maximum Gasteiger partial charge on any atom is 0.331 e. The first kappa shape index (κ1) is 44.1. The lowest BCUT2D eigenvalue weighted by atomic mass is 9.81. The Kier molecular flexibility index (Phi) is 19.0. The number of hydrogen-bond donors (Lipinski definition) is 5. The number of allylic oxidation sites excluding steroid dienone is 11. The summed E-state index contributed by atoms with van der Waals surface area (Å²) in [5.41, 5.74) is -3.59. The summed E-state index contributed by atoms with van der Waals surface area (Å²) in [6, 6.07) is -1.36. The maximum atomic E-state index is 13.0. The standard InChI is InChI=1S/C36H50N4O11/c1-26(19-15-12-13-16-20-28-23-37-25-51-28)31(43)35(3,4)33(45)38-22-18-14-10-8-9-11-17-21-29(42)40(48)36(47,24-41)34(46)39(5)30(27(2)49-6)32(44)50-7/h8-19,21,23,25,27,30-31,41,43,47-48H,20,22,24H2,1-7H3,(H,38,45)/b10-8+,11-9+,15-12-,16-13+,18-14-,21-17+,26-19-. The third-order valence-electron chi connectivity index (χ3n) is 7.65. The first-order valence-corrected chi connectivity index (χ1v) is 15.8. The molecule has 1 rings (SSSR count). The molecule has 0 fully saturated rings. The van der Waals surface area contributed by atoms with Gasteiger partial charge in [0, 0.05) is 33.2 Å². The monoisotopic (exact) mass is 714 g/mol. The number of nitrogens with one attached hydrogen (secondary N) is 1. The minimum atomic E-state index is -3.11. The van der Waals surface area contributed by atoms with Crippen molar-refractivity contribution in [2.75, 3.05) is 34.4 Å². The molecule has 3 amide bonds. The van der Waals surface area contributed by atoms with Crippen molar-refractivity contribution < 1.29 is 53.6 Å². The first-order valence-electron chi connectivity index (χ1n) is 15.8.